The molecule has 2 aromatic rings. The van der Waals surface area contributed by atoms with Gasteiger partial charge in [0.1, 0.15) is 0 Å². The fourth-order valence-corrected chi connectivity index (χ4v) is 2.93. The van der Waals surface area contributed by atoms with E-state index < -0.39 is 0 Å². The average Bonchev–Trinajstić information content (AvgIpc) is 2.85. The smallest absolute Gasteiger partial charge is 0.230 e. The highest BCUT2D eigenvalue weighted by Gasteiger charge is 2.13. The predicted octanol–water partition coefficient (Wildman–Crippen LogP) is 3.45. The number of carbonyl (C=O) groups is 1. The summed E-state index contributed by atoms with van der Waals surface area (Å²) in [5, 5.41) is 3.41. The van der Waals surface area contributed by atoms with E-state index in [9.17, 15) is 4.79 Å². The van der Waals surface area contributed by atoms with Gasteiger partial charge in [0.15, 0.2) is 5.13 Å². The van der Waals surface area contributed by atoms with E-state index in [0.29, 0.717) is 11.7 Å². The van der Waals surface area contributed by atoms with Gasteiger partial charge >= 0.3 is 0 Å². The van der Waals surface area contributed by atoms with Crippen LogP contribution in [0.1, 0.15) is 17.4 Å². The van der Waals surface area contributed by atoms with Gasteiger partial charge in [-0.3, -0.25) is 4.79 Å². The first kappa shape index (κ1) is 18.1. The zero-order valence-corrected chi connectivity index (χ0v) is 14.7. The molecule has 1 amide bonds. The van der Waals surface area contributed by atoms with Crippen LogP contribution in [0.25, 0.3) is 0 Å². The molecule has 1 unspecified atom stereocenters. The normalized spacial score (nSPS) is 11.6. The lowest BCUT2D eigenvalue weighted by molar-refractivity contribution is -0.119. The maximum Gasteiger partial charge on any atom is 0.230 e. The van der Waals surface area contributed by atoms with E-state index in [-0.39, 0.29) is 24.2 Å². The number of anilines is 1. The van der Waals surface area contributed by atoms with Gasteiger partial charge in [0.05, 0.1) is 0 Å². The van der Waals surface area contributed by atoms with Crippen molar-refractivity contribution in [1.82, 2.24) is 4.98 Å². The van der Waals surface area contributed by atoms with E-state index in [4.69, 9.17) is 5.73 Å². The molecule has 0 bridgehead atoms. The first-order valence-corrected chi connectivity index (χ1v) is 7.89. The molecule has 1 atom stereocenters. The zero-order valence-electron chi connectivity index (χ0n) is 11.5. The van der Waals surface area contributed by atoms with Crippen LogP contribution in [0, 0.1) is 5.92 Å². The van der Waals surface area contributed by atoms with Gasteiger partial charge in [0.25, 0.3) is 0 Å². The van der Waals surface area contributed by atoms with Crippen molar-refractivity contribution >= 4 is 50.7 Å². The number of nitrogens with one attached hydrogen (secondary N) is 1. The number of halogens is 2. The van der Waals surface area contributed by atoms with Crippen molar-refractivity contribution in [2.45, 2.75) is 13.3 Å². The highest BCUT2D eigenvalue weighted by molar-refractivity contribution is 9.10. The third-order valence-corrected chi connectivity index (χ3v) is 4.26. The highest BCUT2D eigenvalue weighted by atomic mass is 79.9. The van der Waals surface area contributed by atoms with Crippen LogP contribution < -0.4 is 11.1 Å². The minimum Gasteiger partial charge on any atom is -0.330 e. The van der Waals surface area contributed by atoms with Crippen molar-refractivity contribution in [3.05, 3.63) is 45.4 Å². The molecule has 21 heavy (non-hydrogen) atoms. The molecule has 114 valence electrons. The Morgan fingerprint density at radius 3 is 2.95 bits per heavy atom. The Morgan fingerprint density at radius 1 is 1.52 bits per heavy atom. The van der Waals surface area contributed by atoms with E-state index in [1.54, 1.807) is 13.1 Å². The first-order chi connectivity index (χ1) is 9.58. The molecule has 0 spiro atoms. The molecule has 0 radical (unpaired) electrons. The summed E-state index contributed by atoms with van der Waals surface area (Å²) in [5.41, 5.74) is 6.67. The highest BCUT2D eigenvalue weighted by Crippen LogP contribution is 2.22. The number of hydrogen-bond acceptors (Lipinski definition) is 4. The zero-order chi connectivity index (χ0) is 14.5. The second-order valence-electron chi connectivity index (χ2n) is 4.56. The van der Waals surface area contributed by atoms with Gasteiger partial charge in [0.2, 0.25) is 5.91 Å². The van der Waals surface area contributed by atoms with E-state index in [1.165, 1.54) is 16.9 Å². The number of rotatable bonds is 5. The van der Waals surface area contributed by atoms with Crippen LogP contribution >= 0.6 is 39.7 Å². The number of aromatic nitrogens is 1. The molecule has 4 nitrogen and oxygen atoms in total. The van der Waals surface area contributed by atoms with Crippen LogP contribution in [-0.2, 0) is 11.2 Å². The standard InChI is InChI=1S/C14H16BrN3OS.ClH/c1-9(7-16)13(19)18-14-17-8-12(20-14)6-10-3-2-4-11(15)5-10;/h2-5,8-9H,6-7,16H2,1H3,(H,17,18,19);1H. The van der Waals surface area contributed by atoms with Gasteiger partial charge in [0, 0.05) is 34.4 Å². The van der Waals surface area contributed by atoms with Crippen molar-refractivity contribution < 1.29 is 4.79 Å². The Labute approximate surface area is 142 Å². The van der Waals surface area contributed by atoms with Crippen molar-refractivity contribution in [1.29, 1.82) is 0 Å². The minimum absolute atomic E-state index is 0. The molecule has 7 heteroatoms. The molecule has 1 aromatic heterocycles. The van der Waals surface area contributed by atoms with Gasteiger partial charge in [-0.25, -0.2) is 4.98 Å². The average molecular weight is 391 g/mol. The molecule has 0 aliphatic carbocycles. The molecule has 0 aliphatic heterocycles. The summed E-state index contributed by atoms with van der Waals surface area (Å²) in [5.74, 6) is -0.289. The molecule has 0 saturated heterocycles. The van der Waals surface area contributed by atoms with Crippen LogP contribution in [0.15, 0.2) is 34.9 Å². The summed E-state index contributed by atoms with van der Waals surface area (Å²) in [4.78, 5) is 17.1. The number of benzene rings is 1. The number of nitrogens with two attached hydrogens (primary N) is 1. The van der Waals surface area contributed by atoms with Crippen LogP contribution in [0.5, 0.6) is 0 Å². The lowest BCUT2D eigenvalue weighted by Gasteiger charge is -2.06. The summed E-state index contributed by atoms with van der Waals surface area (Å²) < 4.78 is 1.06. The first-order valence-electron chi connectivity index (χ1n) is 6.28. The van der Waals surface area contributed by atoms with Gasteiger partial charge in [-0.15, -0.1) is 23.7 Å². The largest absolute Gasteiger partial charge is 0.330 e. The Morgan fingerprint density at radius 2 is 2.29 bits per heavy atom. The number of amides is 1. The third-order valence-electron chi connectivity index (χ3n) is 2.85. The van der Waals surface area contributed by atoms with Gasteiger partial charge in [-0.1, -0.05) is 35.0 Å². The minimum atomic E-state index is -0.201. The monoisotopic (exact) mass is 389 g/mol. The summed E-state index contributed by atoms with van der Waals surface area (Å²) in [7, 11) is 0. The quantitative estimate of drug-likeness (QED) is 0.821. The topological polar surface area (TPSA) is 68.0 Å². The van der Waals surface area contributed by atoms with Crippen molar-refractivity contribution in [3.8, 4) is 0 Å². The van der Waals surface area contributed by atoms with E-state index in [1.807, 2.05) is 12.1 Å². The Hall–Kier alpha value is -0.950. The molecule has 0 saturated carbocycles. The Kier molecular flexibility index (Phi) is 7.31. The number of nitrogens with zero attached hydrogens (tertiary/aromatic N) is 1. The molecule has 3 N–H and O–H groups in total. The van der Waals surface area contributed by atoms with Gasteiger partial charge in [-0.05, 0) is 17.7 Å². The summed E-state index contributed by atoms with van der Waals surface area (Å²) >= 11 is 4.95. The molecule has 0 fully saturated rings. The van der Waals surface area contributed by atoms with Crippen LogP contribution in [0.4, 0.5) is 5.13 Å². The maximum absolute atomic E-state index is 11.7. The Balaban J connectivity index is 0.00000220. The Bertz CT molecular complexity index is 605. The number of hydrogen-bond donors (Lipinski definition) is 2. The molecule has 2 rings (SSSR count). The summed E-state index contributed by atoms with van der Waals surface area (Å²) in [6.45, 7) is 2.13. The fraction of sp³-hybridized carbons (Fsp3) is 0.286. The molecular weight excluding hydrogens is 374 g/mol. The second-order valence-corrected chi connectivity index (χ2v) is 6.60. The number of carbonyl (C=O) groups excluding carboxylic acids is 1. The van der Waals surface area contributed by atoms with Crippen LogP contribution in [-0.4, -0.2) is 17.4 Å². The summed E-state index contributed by atoms with van der Waals surface area (Å²) in [6.07, 6.45) is 2.60. The maximum atomic E-state index is 11.7. The lowest BCUT2D eigenvalue weighted by Crippen LogP contribution is -2.26. The van der Waals surface area contributed by atoms with Gasteiger partial charge < -0.3 is 11.1 Å². The van der Waals surface area contributed by atoms with Crippen molar-refractivity contribution in [2.24, 2.45) is 11.7 Å². The summed E-state index contributed by atoms with van der Waals surface area (Å²) in [6, 6.07) is 8.15. The van der Waals surface area contributed by atoms with E-state index >= 15 is 0 Å². The van der Waals surface area contributed by atoms with Crippen LogP contribution in [0.2, 0.25) is 0 Å². The van der Waals surface area contributed by atoms with Crippen molar-refractivity contribution in [2.75, 3.05) is 11.9 Å². The number of thiazole rings is 1. The van der Waals surface area contributed by atoms with Crippen molar-refractivity contribution in [3.63, 3.8) is 0 Å². The molecule has 0 aliphatic rings. The third kappa shape index (κ3) is 5.39. The van der Waals surface area contributed by atoms with E-state index in [0.717, 1.165) is 15.8 Å². The molecule has 1 heterocycles. The molecule has 1 aromatic carbocycles. The lowest BCUT2D eigenvalue weighted by atomic mass is 10.1. The fourth-order valence-electron chi connectivity index (χ4n) is 1.63. The van der Waals surface area contributed by atoms with Crippen LogP contribution in [0.3, 0.4) is 0 Å². The second kappa shape index (κ2) is 8.48. The van der Waals surface area contributed by atoms with E-state index in [2.05, 4.69) is 38.4 Å². The SMILES string of the molecule is CC(CN)C(=O)Nc1ncc(Cc2cccc(Br)c2)s1.Cl. The molecular formula is C14H17BrClN3OS. The predicted molar refractivity (Wildman–Crippen MR) is 93.2 cm³/mol. The van der Waals surface area contributed by atoms with Gasteiger partial charge in [-0.2, -0.15) is 0 Å².